The fourth-order valence-corrected chi connectivity index (χ4v) is 7.84. The van der Waals surface area contributed by atoms with E-state index in [0.29, 0.717) is 0 Å². The Morgan fingerprint density at radius 3 is 1.00 bits per heavy atom. The van der Waals surface area contributed by atoms with Crippen molar-refractivity contribution in [1.82, 2.24) is 0 Å². The zero-order chi connectivity index (χ0) is 18.1. The van der Waals surface area contributed by atoms with Crippen molar-refractivity contribution in [1.29, 1.82) is 0 Å². The van der Waals surface area contributed by atoms with E-state index in [4.69, 9.17) is 0 Å². The molecule has 0 aliphatic heterocycles. The molecule has 3 rings (SSSR count). The first-order valence-corrected chi connectivity index (χ1v) is 14.0. The summed E-state index contributed by atoms with van der Waals surface area (Å²) in [7, 11) is 0. The van der Waals surface area contributed by atoms with Gasteiger partial charge in [0.2, 0.25) is 0 Å². The van der Waals surface area contributed by atoms with Crippen molar-refractivity contribution < 1.29 is 15.6 Å². The van der Waals surface area contributed by atoms with Crippen LogP contribution < -0.4 is 0 Å². The van der Waals surface area contributed by atoms with Gasteiger partial charge in [-0.25, -0.2) is 0 Å². The molecule has 3 aromatic carbocycles. The Balaban J connectivity index is 1.64. The quantitative estimate of drug-likeness (QED) is 0.378. The molecule has 133 valence electrons. The second-order valence-electron chi connectivity index (χ2n) is 7.14. The minimum atomic E-state index is -1.42. The SMILES string of the molecule is [Cr][Si](CCc1ccccc1)(CCc1ccccc1)CCc1ccccc1. The second kappa shape index (κ2) is 9.93. The molecule has 0 unspecified atom stereocenters. The fourth-order valence-electron chi connectivity index (χ4n) is 3.43. The predicted molar refractivity (Wildman–Crippen MR) is 111 cm³/mol. The molecule has 0 radical (unpaired) electrons. The average Bonchev–Trinajstić information content (AvgIpc) is 2.72. The molecule has 0 saturated heterocycles. The van der Waals surface area contributed by atoms with Gasteiger partial charge in [-0.15, -0.1) is 0 Å². The molecule has 0 fully saturated rings. The van der Waals surface area contributed by atoms with Gasteiger partial charge in [-0.2, -0.15) is 0 Å². The van der Waals surface area contributed by atoms with E-state index in [-0.39, 0.29) is 0 Å². The first kappa shape index (κ1) is 19.2. The van der Waals surface area contributed by atoms with Crippen LogP contribution >= 0.6 is 0 Å². The van der Waals surface area contributed by atoms with Gasteiger partial charge in [-0.05, 0) is 0 Å². The maximum absolute atomic E-state index is 3.74. The van der Waals surface area contributed by atoms with Crippen LogP contribution in [0.4, 0.5) is 0 Å². The maximum atomic E-state index is 3.74. The summed E-state index contributed by atoms with van der Waals surface area (Å²) in [4.78, 5) is 0. The van der Waals surface area contributed by atoms with E-state index in [1.165, 1.54) is 54.1 Å². The molecule has 26 heavy (non-hydrogen) atoms. The van der Waals surface area contributed by atoms with Crippen molar-refractivity contribution in [2.45, 2.75) is 37.4 Å². The topological polar surface area (TPSA) is 0 Å². The van der Waals surface area contributed by atoms with E-state index in [1.54, 1.807) is 0 Å². The number of benzene rings is 3. The molecule has 0 spiro atoms. The Bertz CT molecular complexity index is 650. The number of rotatable bonds is 9. The van der Waals surface area contributed by atoms with Crippen molar-refractivity contribution >= 4 is 6.63 Å². The Labute approximate surface area is 167 Å². The van der Waals surface area contributed by atoms with Gasteiger partial charge in [0.05, 0.1) is 0 Å². The summed E-state index contributed by atoms with van der Waals surface area (Å²) in [5, 5.41) is 0. The van der Waals surface area contributed by atoms with Crippen LogP contribution in [-0.4, -0.2) is 6.63 Å². The van der Waals surface area contributed by atoms with Crippen molar-refractivity contribution in [2.75, 3.05) is 0 Å². The van der Waals surface area contributed by atoms with Crippen LogP contribution in [0, 0.1) is 0 Å². The summed E-state index contributed by atoms with van der Waals surface area (Å²) in [6.45, 7) is -1.42. The van der Waals surface area contributed by atoms with E-state index < -0.39 is 6.63 Å². The van der Waals surface area contributed by atoms with E-state index in [9.17, 15) is 0 Å². The molecular formula is C24H27CrSi. The first-order valence-electron chi connectivity index (χ1n) is 9.56. The van der Waals surface area contributed by atoms with E-state index in [1.807, 2.05) is 0 Å². The summed E-state index contributed by atoms with van der Waals surface area (Å²) >= 11 is 3.74. The van der Waals surface area contributed by atoms with Gasteiger partial charge in [0, 0.05) is 0 Å². The van der Waals surface area contributed by atoms with Gasteiger partial charge in [-0.1, -0.05) is 0 Å². The third-order valence-electron chi connectivity index (χ3n) is 5.14. The van der Waals surface area contributed by atoms with Gasteiger partial charge >= 0.3 is 167 Å². The van der Waals surface area contributed by atoms with Crippen LogP contribution in [0.25, 0.3) is 0 Å². The molecule has 0 aromatic heterocycles. The average molecular weight is 396 g/mol. The van der Waals surface area contributed by atoms with Crippen molar-refractivity contribution in [3.63, 3.8) is 0 Å². The molecule has 0 saturated carbocycles. The van der Waals surface area contributed by atoms with Crippen molar-refractivity contribution in [3.05, 3.63) is 108 Å². The Kier molecular flexibility index (Phi) is 7.32. The Morgan fingerprint density at radius 2 is 0.731 bits per heavy atom. The summed E-state index contributed by atoms with van der Waals surface area (Å²) in [6.07, 6.45) is 3.59. The molecular weight excluding hydrogens is 368 g/mol. The van der Waals surface area contributed by atoms with Crippen LogP contribution in [0.15, 0.2) is 91.0 Å². The Hall–Kier alpha value is -1.59. The standard InChI is InChI=1S/C24H27Si.Cr/c1-4-10-22(11-5-1)16-19-25(20-17-23-12-6-2-7-13-23)21-18-24-14-8-3-9-15-24;/h1-15H,16-21H2;. The molecule has 2 heteroatoms. The van der Waals surface area contributed by atoms with Gasteiger partial charge in [0.15, 0.2) is 0 Å². The molecule has 0 atom stereocenters. The van der Waals surface area contributed by atoms with Gasteiger partial charge in [0.1, 0.15) is 0 Å². The number of hydrogen-bond donors (Lipinski definition) is 0. The molecule has 0 aliphatic carbocycles. The second-order valence-corrected chi connectivity index (χ2v) is 15.1. The van der Waals surface area contributed by atoms with Crippen LogP contribution in [0.1, 0.15) is 16.7 Å². The van der Waals surface area contributed by atoms with E-state index in [2.05, 4.69) is 107 Å². The molecule has 0 amide bonds. The van der Waals surface area contributed by atoms with Crippen LogP contribution in [0.5, 0.6) is 0 Å². The van der Waals surface area contributed by atoms with Crippen molar-refractivity contribution in [2.24, 2.45) is 0 Å². The number of hydrogen-bond acceptors (Lipinski definition) is 0. The van der Waals surface area contributed by atoms with Gasteiger partial charge in [-0.3, -0.25) is 0 Å². The molecule has 0 aliphatic rings. The fraction of sp³-hybridized carbons (Fsp3) is 0.250. The zero-order valence-electron chi connectivity index (χ0n) is 15.3. The van der Waals surface area contributed by atoms with Crippen LogP contribution in [0.3, 0.4) is 0 Å². The Morgan fingerprint density at radius 1 is 0.462 bits per heavy atom. The summed E-state index contributed by atoms with van der Waals surface area (Å²) in [5.41, 5.74) is 4.41. The van der Waals surface area contributed by atoms with Crippen molar-refractivity contribution in [3.8, 4) is 0 Å². The first-order chi connectivity index (χ1) is 12.7. The third kappa shape index (κ3) is 6.29. The van der Waals surface area contributed by atoms with Crippen LogP contribution in [0.2, 0.25) is 18.1 Å². The van der Waals surface area contributed by atoms with Gasteiger partial charge < -0.3 is 0 Å². The molecule has 3 aromatic rings. The zero-order valence-corrected chi connectivity index (χ0v) is 17.6. The van der Waals surface area contributed by atoms with Gasteiger partial charge in [0.25, 0.3) is 0 Å². The molecule has 0 N–H and O–H groups in total. The number of aryl methyl sites for hydroxylation is 3. The summed E-state index contributed by atoms with van der Waals surface area (Å²) < 4.78 is 0. The third-order valence-corrected chi connectivity index (χ3v) is 11.5. The molecule has 0 heterocycles. The predicted octanol–water partition coefficient (Wildman–Crippen LogP) is 6.21. The minimum absolute atomic E-state index is 1.20. The normalized spacial score (nSPS) is 11.4. The molecule has 0 bridgehead atoms. The molecule has 0 nitrogen and oxygen atoms in total. The van der Waals surface area contributed by atoms with E-state index in [0.717, 1.165) is 0 Å². The summed E-state index contributed by atoms with van der Waals surface area (Å²) in [5.74, 6) is 0. The monoisotopic (exact) mass is 395 g/mol. The summed E-state index contributed by atoms with van der Waals surface area (Å²) in [6, 6.07) is 36.9. The van der Waals surface area contributed by atoms with Crippen LogP contribution in [-0.2, 0) is 34.9 Å². The van der Waals surface area contributed by atoms with E-state index >= 15 is 0 Å².